The summed E-state index contributed by atoms with van der Waals surface area (Å²) in [5, 5.41) is 4.05. The molecule has 0 saturated carbocycles. The zero-order valence-electron chi connectivity index (χ0n) is 24.3. The minimum atomic E-state index is -4.33. The number of nitrogens with zero attached hydrogens (tertiary/aromatic N) is 3. The van der Waals surface area contributed by atoms with E-state index >= 15 is 0 Å². The van der Waals surface area contributed by atoms with E-state index in [9.17, 15) is 26.4 Å². The number of hydrogen-bond acceptors (Lipinski definition) is 10. The van der Waals surface area contributed by atoms with Crippen LogP contribution in [0.5, 0.6) is 0 Å². The highest BCUT2D eigenvalue weighted by molar-refractivity contribution is 7.90. The lowest BCUT2D eigenvalue weighted by Crippen LogP contribution is -2.59. The monoisotopic (exact) mass is 662 g/mol. The summed E-state index contributed by atoms with van der Waals surface area (Å²) in [6.07, 6.45) is 6.32. The third-order valence-electron chi connectivity index (χ3n) is 7.54. The van der Waals surface area contributed by atoms with Gasteiger partial charge in [0.1, 0.15) is 5.03 Å². The van der Waals surface area contributed by atoms with E-state index in [0.29, 0.717) is 35.9 Å². The molecule has 2 aliphatic rings. The van der Waals surface area contributed by atoms with Crippen LogP contribution in [-0.2, 0) is 37.7 Å². The predicted octanol–water partition coefficient (Wildman–Crippen LogP) is 2.01. The van der Waals surface area contributed by atoms with Crippen LogP contribution in [-0.4, -0.2) is 92.1 Å². The Hall–Kier alpha value is -3.49. The molecule has 1 saturated heterocycles. The van der Waals surface area contributed by atoms with Crippen molar-refractivity contribution in [3.63, 3.8) is 0 Å². The van der Waals surface area contributed by atoms with Crippen LogP contribution in [0.4, 0.5) is 4.79 Å². The topological polar surface area (TPSA) is 171 Å². The maximum Gasteiger partial charge on any atom is 0.420 e. The zero-order chi connectivity index (χ0) is 31.6. The van der Waals surface area contributed by atoms with Crippen molar-refractivity contribution in [2.75, 3.05) is 32.0 Å². The van der Waals surface area contributed by atoms with Crippen LogP contribution in [0.15, 0.2) is 29.3 Å². The number of fused-ring (bicyclic) bond motifs is 2. The molecule has 2 unspecified atom stereocenters. The van der Waals surface area contributed by atoms with E-state index < -0.39 is 43.8 Å². The molecule has 4 heterocycles. The molecule has 0 spiro atoms. The highest BCUT2D eigenvalue weighted by Gasteiger charge is 2.40. The van der Waals surface area contributed by atoms with E-state index in [1.54, 1.807) is 18.2 Å². The van der Waals surface area contributed by atoms with Crippen molar-refractivity contribution >= 4 is 54.3 Å². The van der Waals surface area contributed by atoms with E-state index in [1.807, 2.05) is 18.6 Å². The highest BCUT2D eigenvalue weighted by Crippen LogP contribution is 2.28. The molecular formula is C28H34N6O7S3. The van der Waals surface area contributed by atoms with Crippen LogP contribution in [0.25, 0.3) is 10.9 Å². The number of rotatable bonds is 9. The number of thiazole rings is 1. The Balaban J connectivity index is 1.41. The molecule has 1 aromatic carbocycles. The number of aromatic amines is 1. The van der Waals surface area contributed by atoms with Gasteiger partial charge in [-0.25, -0.2) is 31.3 Å². The Kier molecular flexibility index (Phi) is 9.33. The second-order valence-corrected chi connectivity index (χ2v) is 15.6. The van der Waals surface area contributed by atoms with Gasteiger partial charge in [0.15, 0.2) is 5.01 Å². The van der Waals surface area contributed by atoms with E-state index in [4.69, 9.17) is 11.2 Å². The van der Waals surface area contributed by atoms with Crippen LogP contribution in [0.1, 0.15) is 52.6 Å². The molecule has 0 bridgehead atoms. The first kappa shape index (κ1) is 31.9. The van der Waals surface area contributed by atoms with Gasteiger partial charge in [0.25, 0.3) is 15.9 Å². The molecule has 1 fully saturated rings. The molecule has 236 valence electrons. The second kappa shape index (κ2) is 12.9. The van der Waals surface area contributed by atoms with Crippen LogP contribution in [0, 0.1) is 12.3 Å². The Labute approximate surface area is 260 Å². The summed E-state index contributed by atoms with van der Waals surface area (Å²) in [4.78, 5) is 35.6. The first-order valence-corrected chi connectivity index (χ1v) is 18.1. The number of nitrogens with one attached hydrogen (secondary N) is 3. The minimum Gasteiger partial charge on any atom is -0.449 e. The average Bonchev–Trinajstić information content (AvgIpc) is 3.60. The van der Waals surface area contributed by atoms with Gasteiger partial charge in [-0.2, -0.15) is 4.31 Å². The number of sulfonamides is 2. The van der Waals surface area contributed by atoms with Gasteiger partial charge in [0.05, 0.1) is 24.1 Å². The molecule has 3 N–H and O–H groups in total. The van der Waals surface area contributed by atoms with Crippen molar-refractivity contribution in [2.24, 2.45) is 0 Å². The smallest absolute Gasteiger partial charge is 0.420 e. The Bertz CT molecular complexity index is 1830. The molecule has 3 aromatic rings. The Morgan fingerprint density at radius 1 is 1.23 bits per heavy atom. The quantitative estimate of drug-likeness (QED) is 0.229. The molecule has 2 aromatic heterocycles. The third-order valence-corrected chi connectivity index (χ3v) is 11.7. The van der Waals surface area contributed by atoms with E-state index in [0.717, 1.165) is 21.3 Å². The molecule has 0 radical (unpaired) electrons. The average molecular weight is 663 g/mol. The lowest BCUT2D eigenvalue weighted by molar-refractivity contribution is 0.0594. The standard InChI is InChI=1S/C28H34N6O7S3/c1-4-6-11-41-28(36)32-43(37,38)17-21-16-33(44(39,40)25-14-20-13-19(5-2)7-8-22(20)30-25)9-10-34(21)27(35)26-31-23-12-18(3)29-15-24(23)42-26/h2,7-8,13-14,18,21,29-30H,4,6,9-12,15-17H2,1,3H3,(H,32,36). The number of amides is 2. The van der Waals surface area contributed by atoms with Gasteiger partial charge >= 0.3 is 6.09 Å². The van der Waals surface area contributed by atoms with Gasteiger partial charge in [0.2, 0.25) is 10.0 Å². The van der Waals surface area contributed by atoms with Crippen molar-refractivity contribution in [3.8, 4) is 12.3 Å². The number of terminal acetylenes is 1. The zero-order valence-corrected chi connectivity index (χ0v) is 26.8. The van der Waals surface area contributed by atoms with Gasteiger partial charge < -0.3 is 19.9 Å². The molecule has 5 rings (SSSR count). The van der Waals surface area contributed by atoms with Crippen LogP contribution in [0.2, 0.25) is 0 Å². The summed E-state index contributed by atoms with van der Waals surface area (Å²) in [6, 6.07) is 5.61. The summed E-state index contributed by atoms with van der Waals surface area (Å²) < 4.78 is 61.6. The number of carbonyl (C=O) groups excluding carboxylic acids is 2. The van der Waals surface area contributed by atoms with Gasteiger partial charge in [0, 0.05) is 60.0 Å². The molecule has 2 aliphatic heterocycles. The predicted molar refractivity (Wildman–Crippen MR) is 165 cm³/mol. The fourth-order valence-electron chi connectivity index (χ4n) is 5.21. The number of piperazine rings is 1. The van der Waals surface area contributed by atoms with Crippen molar-refractivity contribution in [1.82, 2.24) is 29.2 Å². The molecule has 0 aliphatic carbocycles. The number of aromatic nitrogens is 2. The molecule has 44 heavy (non-hydrogen) atoms. The van der Waals surface area contributed by atoms with E-state index in [2.05, 4.69) is 21.2 Å². The van der Waals surface area contributed by atoms with Crippen LogP contribution >= 0.6 is 11.3 Å². The van der Waals surface area contributed by atoms with Crippen LogP contribution < -0.4 is 10.0 Å². The lowest BCUT2D eigenvalue weighted by atomic mass is 10.1. The van der Waals surface area contributed by atoms with E-state index in [-0.39, 0.29) is 42.3 Å². The van der Waals surface area contributed by atoms with Gasteiger partial charge in [-0.15, -0.1) is 17.8 Å². The molecule has 16 heteroatoms. The Morgan fingerprint density at radius 3 is 2.77 bits per heavy atom. The minimum absolute atomic E-state index is 0.0490. The summed E-state index contributed by atoms with van der Waals surface area (Å²) in [6.45, 7) is 4.05. The van der Waals surface area contributed by atoms with Crippen molar-refractivity contribution < 1.29 is 31.2 Å². The molecule has 2 atom stereocenters. The molecule has 13 nitrogen and oxygen atoms in total. The van der Waals surface area contributed by atoms with Crippen LogP contribution in [0.3, 0.4) is 0 Å². The number of carbonyl (C=O) groups is 2. The molecule has 2 amide bonds. The van der Waals surface area contributed by atoms with Gasteiger partial charge in [-0.05, 0) is 37.6 Å². The van der Waals surface area contributed by atoms with Gasteiger partial charge in [-0.3, -0.25) is 4.79 Å². The summed E-state index contributed by atoms with van der Waals surface area (Å²) in [5.74, 6) is 1.30. The fraction of sp³-hybridized carbons (Fsp3) is 0.464. The van der Waals surface area contributed by atoms with Gasteiger partial charge in [-0.1, -0.05) is 19.3 Å². The summed E-state index contributed by atoms with van der Waals surface area (Å²) >= 11 is 1.23. The largest absolute Gasteiger partial charge is 0.449 e. The maximum absolute atomic E-state index is 13.8. The fourth-order valence-corrected chi connectivity index (χ4v) is 8.88. The SMILES string of the molecule is C#Cc1ccc2[nH]c(S(=O)(=O)N3CCN(C(=O)c4nc5c(s4)CNC(C)C5)C(CS(=O)(=O)NC(=O)OCCCC)C3)cc2c1. The third kappa shape index (κ3) is 6.92. The number of hydrogen-bond donors (Lipinski definition) is 3. The number of benzene rings is 1. The normalized spacial score (nSPS) is 19.3. The number of H-pyrrole nitrogens is 1. The number of unbranched alkanes of at least 4 members (excludes halogenated alkanes) is 1. The first-order valence-electron chi connectivity index (χ1n) is 14.2. The highest BCUT2D eigenvalue weighted by atomic mass is 32.2. The number of ether oxygens (including phenoxy) is 1. The van der Waals surface area contributed by atoms with Crippen molar-refractivity contribution in [2.45, 2.75) is 56.8 Å². The summed E-state index contributed by atoms with van der Waals surface area (Å²) in [5.41, 5.74) is 1.98. The Morgan fingerprint density at radius 2 is 2.02 bits per heavy atom. The summed E-state index contributed by atoms with van der Waals surface area (Å²) in [7, 11) is -8.46. The molecular weight excluding hydrogens is 629 g/mol. The van der Waals surface area contributed by atoms with E-state index in [1.165, 1.54) is 22.3 Å². The lowest BCUT2D eigenvalue weighted by Gasteiger charge is -2.40. The van der Waals surface area contributed by atoms with Crippen molar-refractivity contribution in [1.29, 1.82) is 0 Å². The first-order chi connectivity index (χ1) is 20.9. The van der Waals surface area contributed by atoms with Crippen molar-refractivity contribution in [3.05, 3.63) is 45.4 Å². The maximum atomic E-state index is 13.8. The second-order valence-electron chi connectivity index (χ2n) is 10.8.